The highest BCUT2D eigenvalue weighted by atomic mass is 16.5. The third kappa shape index (κ3) is 5.38. The van der Waals surface area contributed by atoms with Crippen LogP contribution in [0.2, 0.25) is 0 Å². The zero-order valence-electron chi connectivity index (χ0n) is 16.9. The van der Waals surface area contributed by atoms with Gasteiger partial charge in [0.05, 0.1) is 19.3 Å². The minimum absolute atomic E-state index is 0.272. The van der Waals surface area contributed by atoms with Crippen LogP contribution in [0.15, 0.2) is 72.8 Å². The van der Waals surface area contributed by atoms with Crippen molar-refractivity contribution in [3.8, 4) is 11.5 Å². The molecule has 0 aliphatic heterocycles. The molecule has 1 amide bonds. The number of rotatable bonds is 8. The molecule has 0 fully saturated rings. The van der Waals surface area contributed by atoms with Gasteiger partial charge in [-0.15, -0.1) is 0 Å². The molecule has 3 aromatic rings. The molecule has 30 heavy (non-hydrogen) atoms. The molecule has 0 unspecified atom stereocenters. The number of anilines is 1. The number of nitrogens with one attached hydrogen (secondary N) is 1. The van der Waals surface area contributed by atoms with Crippen molar-refractivity contribution < 1.29 is 23.8 Å². The molecule has 1 N–H and O–H groups in total. The smallest absolute Gasteiger partial charge is 0.337 e. The lowest BCUT2D eigenvalue weighted by Gasteiger charge is -2.13. The Hall–Kier alpha value is -3.80. The number of benzene rings is 3. The molecule has 0 aliphatic rings. The lowest BCUT2D eigenvalue weighted by molar-refractivity contribution is 0.0600. The van der Waals surface area contributed by atoms with Gasteiger partial charge >= 0.3 is 5.97 Å². The molecule has 0 saturated heterocycles. The number of methoxy groups -OCH3 is 1. The first-order valence-corrected chi connectivity index (χ1v) is 9.54. The largest absolute Gasteiger partial charge is 0.493 e. The van der Waals surface area contributed by atoms with Gasteiger partial charge in [0, 0.05) is 16.8 Å². The van der Waals surface area contributed by atoms with Crippen molar-refractivity contribution >= 4 is 17.6 Å². The number of ether oxygens (including phenoxy) is 3. The number of carbonyl (C=O) groups is 2. The molecule has 0 aromatic heterocycles. The Bertz CT molecular complexity index is 1000. The average Bonchev–Trinajstić information content (AvgIpc) is 2.79. The van der Waals surface area contributed by atoms with Gasteiger partial charge in [0.25, 0.3) is 5.91 Å². The summed E-state index contributed by atoms with van der Waals surface area (Å²) >= 11 is 0. The summed E-state index contributed by atoms with van der Waals surface area (Å²) in [5, 5.41) is 2.82. The summed E-state index contributed by atoms with van der Waals surface area (Å²) in [6, 6.07) is 21.2. The van der Waals surface area contributed by atoms with Crippen LogP contribution in [0.25, 0.3) is 0 Å². The van der Waals surface area contributed by atoms with E-state index in [0.717, 1.165) is 11.3 Å². The third-order valence-corrected chi connectivity index (χ3v) is 4.32. The summed E-state index contributed by atoms with van der Waals surface area (Å²) in [4.78, 5) is 24.2. The lowest BCUT2D eigenvalue weighted by Crippen LogP contribution is -2.13. The highest BCUT2D eigenvalue weighted by molar-refractivity contribution is 6.04. The van der Waals surface area contributed by atoms with Crippen molar-refractivity contribution in [3.63, 3.8) is 0 Å². The van der Waals surface area contributed by atoms with Crippen LogP contribution < -0.4 is 14.8 Å². The van der Waals surface area contributed by atoms with Gasteiger partial charge in [-0.3, -0.25) is 4.79 Å². The number of hydrogen-bond acceptors (Lipinski definition) is 5. The zero-order chi connectivity index (χ0) is 21.3. The first-order valence-electron chi connectivity index (χ1n) is 9.54. The standard InChI is InChI=1S/C24H23NO5/c1-3-29-22-14-11-18(15-19(22)16-30-21-7-5-4-6-8-21)23(26)25-20-12-9-17(10-13-20)24(27)28-2/h4-15H,3,16H2,1-2H3,(H,25,26). The fraction of sp³-hybridized carbons (Fsp3) is 0.167. The third-order valence-electron chi connectivity index (χ3n) is 4.32. The topological polar surface area (TPSA) is 73.9 Å². The van der Waals surface area contributed by atoms with Gasteiger partial charge in [0.15, 0.2) is 0 Å². The van der Waals surface area contributed by atoms with Gasteiger partial charge in [0.1, 0.15) is 18.1 Å². The SMILES string of the molecule is CCOc1ccc(C(=O)Nc2ccc(C(=O)OC)cc2)cc1COc1ccccc1. The van der Waals surface area contributed by atoms with E-state index in [2.05, 4.69) is 10.1 Å². The van der Waals surface area contributed by atoms with Crippen molar-refractivity contribution in [2.45, 2.75) is 13.5 Å². The maximum Gasteiger partial charge on any atom is 0.337 e. The van der Waals surface area contributed by atoms with Crippen molar-refractivity contribution in [3.05, 3.63) is 89.5 Å². The summed E-state index contributed by atoms with van der Waals surface area (Å²) in [6.45, 7) is 2.69. The Labute approximate surface area is 175 Å². The van der Waals surface area contributed by atoms with E-state index in [1.54, 1.807) is 42.5 Å². The molecule has 0 aliphatic carbocycles. The molecule has 0 saturated carbocycles. The molecule has 0 atom stereocenters. The van der Waals surface area contributed by atoms with E-state index in [-0.39, 0.29) is 12.5 Å². The van der Waals surface area contributed by atoms with Gasteiger partial charge in [0.2, 0.25) is 0 Å². The number of carbonyl (C=O) groups excluding carboxylic acids is 2. The zero-order valence-corrected chi connectivity index (χ0v) is 16.9. The van der Waals surface area contributed by atoms with Crippen LogP contribution >= 0.6 is 0 Å². The van der Waals surface area contributed by atoms with Crippen molar-refractivity contribution in [2.24, 2.45) is 0 Å². The molecule has 3 aromatic carbocycles. The summed E-state index contributed by atoms with van der Waals surface area (Å²) in [7, 11) is 1.32. The van der Waals surface area contributed by atoms with Crippen LogP contribution in [0.3, 0.4) is 0 Å². The molecule has 6 nitrogen and oxygen atoms in total. The van der Waals surface area contributed by atoms with Crippen LogP contribution in [-0.4, -0.2) is 25.6 Å². The molecule has 6 heteroatoms. The van der Waals surface area contributed by atoms with Crippen LogP contribution in [0, 0.1) is 0 Å². The summed E-state index contributed by atoms with van der Waals surface area (Å²) in [5.41, 5.74) is 2.23. The van der Waals surface area contributed by atoms with E-state index in [9.17, 15) is 9.59 Å². The van der Waals surface area contributed by atoms with Crippen LogP contribution in [0.1, 0.15) is 33.2 Å². The fourth-order valence-corrected chi connectivity index (χ4v) is 2.82. The van der Waals surface area contributed by atoms with E-state index in [1.165, 1.54) is 7.11 Å². The van der Waals surface area contributed by atoms with Gasteiger partial charge in [-0.2, -0.15) is 0 Å². The van der Waals surface area contributed by atoms with E-state index >= 15 is 0 Å². The Morgan fingerprint density at radius 2 is 1.57 bits per heavy atom. The molecule has 0 heterocycles. The first kappa shape index (κ1) is 20.9. The molecule has 3 rings (SSSR count). The number of esters is 1. The minimum Gasteiger partial charge on any atom is -0.493 e. The Morgan fingerprint density at radius 1 is 0.867 bits per heavy atom. The van der Waals surface area contributed by atoms with E-state index in [0.29, 0.717) is 29.2 Å². The van der Waals surface area contributed by atoms with Gasteiger partial charge in [-0.25, -0.2) is 4.79 Å². The highest BCUT2D eigenvalue weighted by Gasteiger charge is 2.12. The Kier molecular flexibility index (Phi) is 7.05. The fourth-order valence-electron chi connectivity index (χ4n) is 2.82. The number of hydrogen-bond donors (Lipinski definition) is 1. The quantitative estimate of drug-likeness (QED) is 0.550. The van der Waals surface area contributed by atoms with Crippen molar-refractivity contribution in [1.82, 2.24) is 0 Å². The molecule has 154 valence electrons. The normalized spacial score (nSPS) is 10.2. The maximum absolute atomic E-state index is 12.7. The predicted molar refractivity (Wildman–Crippen MR) is 114 cm³/mol. The lowest BCUT2D eigenvalue weighted by atomic mass is 10.1. The highest BCUT2D eigenvalue weighted by Crippen LogP contribution is 2.23. The number of para-hydroxylation sites is 1. The Balaban J connectivity index is 1.74. The van der Waals surface area contributed by atoms with Crippen molar-refractivity contribution in [1.29, 1.82) is 0 Å². The second kappa shape index (κ2) is 10.1. The second-order valence-corrected chi connectivity index (χ2v) is 6.38. The summed E-state index contributed by atoms with van der Waals surface area (Å²) in [6.07, 6.45) is 0. The monoisotopic (exact) mass is 405 g/mol. The molecule has 0 radical (unpaired) electrons. The summed E-state index contributed by atoms with van der Waals surface area (Å²) < 4.78 is 16.2. The van der Waals surface area contributed by atoms with E-state index < -0.39 is 5.97 Å². The van der Waals surface area contributed by atoms with Gasteiger partial charge < -0.3 is 19.5 Å². The van der Waals surface area contributed by atoms with Gasteiger partial charge in [-0.05, 0) is 61.5 Å². The molecular weight excluding hydrogens is 382 g/mol. The molecular formula is C24H23NO5. The predicted octanol–water partition coefficient (Wildman–Crippen LogP) is 4.70. The summed E-state index contributed by atoms with van der Waals surface area (Å²) in [5.74, 6) is 0.709. The number of amides is 1. The molecule has 0 bridgehead atoms. The minimum atomic E-state index is -0.428. The average molecular weight is 405 g/mol. The van der Waals surface area contributed by atoms with Crippen LogP contribution in [0.5, 0.6) is 11.5 Å². The van der Waals surface area contributed by atoms with E-state index in [1.807, 2.05) is 37.3 Å². The van der Waals surface area contributed by atoms with E-state index in [4.69, 9.17) is 9.47 Å². The van der Waals surface area contributed by atoms with Gasteiger partial charge in [-0.1, -0.05) is 18.2 Å². The van der Waals surface area contributed by atoms with Crippen LogP contribution in [0.4, 0.5) is 5.69 Å². The molecule has 0 spiro atoms. The van der Waals surface area contributed by atoms with Crippen LogP contribution in [-0.2, 0) is 11.3 Å². The second-order valence-electron chi connectivity index (χ2n) is 6.38. The Morgan fingerprint density at radius 3 is 2.23 bits per heavy atom. The first-order chi connectivity index (χ1) is 14.6. The van der Waals surface area contributed by atoms with Crippen molar-refractivity contribution in [2.75, 3.05) is 19.0 Å². The maximum atomic E-state index is 12.7.